The number of thioether (sulfide) groups is 1. The Hall–Kier alpha value is -1.94. The summed E-state index contributed by atoms with van der Waals surface area (Å²) in [5, 5.41) is 2.91. The highest BCUT2D eigenvalue weighted by Crippen LogP contribution is 2.20. The number of ether oxygens (including phenoxy) is 1. The van der Waals surface area contributed by atoms with Gasteiger partial charge in [-0.3, -0.25) is 4.79 Å². The van der Waals surface area contributed by atoms with Crippen molar-refractivity contribution in [3.8, 4) is 5.75 Å². The largest absolute Gasteiger partial charge is 0.497 e. The van der Waals surface area contributed by atoms with Crippen LogP contribution in [-0.2, 0) is 17.1 Å². The van der Waals surface area contributed by atoms with Crippen LogP contribution >= 0.6 is 11.8 Å². The van der Waals surface area contributed by atoms with Crippen molar-refractivity contribution in [3.63, 3.8) is 0 Å². The molecule has 122 valence electrons. The molecule has 0 bridgehead atoms. The van der Waals surface area contributed by atoms with Crippen LogP contribution < -0.4 is 10.1 Å². The lowest BCUT2D eigenvalue weighted by Gasteiger charge is -2.13. The SMILES string of the molecule is COc1ccc(CNC(=O)[C@@H](C)SCc2ccccc2C)cc1. The molecular weight excluding hydrogens is 306 g/mol. The first-order chi connectivity index (χ1) is 11.1. The Bertz CT molecular complexity index is 640. The highest BCUT2D eigenvalue weighted by Gasteiger charge is 2.13. The summed E-state index contributed by atoms with van der Waals surface area (Å²) in [6.45, 7) is 4.59. The van der Waals surface area contributed by atoms with Crippen molar-refractivity contribution in [2.24, 2.45) is 0 Å². The molecule has 1 N–H and O–H groups in total. The summed E-state index contributed by atoms with van der Waals surface area (Å²) in [5.41, 5.74) is 3.62. The molecule has 0 aliphatic rings. The fourth-order valence-electron chi connectivity index (χ4n) is 2.14. The Morgan fingerprint density at radius 2 is 1.87 bits per heavy atom. The van der Waals surface area contributed by atoms with Gasteiger partial charge in [0.2, 0.25) is 5.91 Å². The van der Waals surface area contributed by atoms with Gasteiger partial charge in [-0.1, -0.05) is 36.4 Å². The summed E-state index contributed by atoms with van der Waals surface area (Å²) >= 11 is 1.66. The van der Waals surface area contributed by atoms with Crippen molar-refractivity contribution in [2.75, 3.05) is 7.11 Å². The summed E-state index contributed by atoms with van der Waals surface area (Å²) in [6.07, 6.45) is 0. The van der Waals surface area contributed by atoms with E-state index in [9.17, 15) is 4.79 Å². The van der Waals surface area contributed by atoms with Crippen LogP contribution in [0.3, 0.4) is 0 Å². The maximum absolute atomic E-state index is 12.2. The predicted octanol–water partition coefficient (Wildman–Crippen LogP) is 3.94. The molecule has 0 saturated carbocycles. The van der Waals surface area contributed by atoms with E-state index in [4.69, 9.17) is 4.74 Å². The smallest absolute Gasteiger partial charge is 0.233 e. The van der Waals surface area contributed by atoms with Crippen LogP contribution in [0.2, 0.25) is 0 Å². The van der Waals surface area contributed by atoms with Crippen LogP contribution in [0.1, 0.15) is 23.6 Å². The number of methoxy groups -OCH3 is 1. The first-order valence-corrected chi connectivity index (χ1v) is 8.72. The fourth-order valence-corrected chi connectivity index (χ4v) is 3.13. The number of aryl methyl sites for hydroxylation is 1. The minimum absolute atomic E-state index is 0.0689. The zero-order valence-corrected chi connectivity index (χ0v) is 14.7. The van der Waals surface area contributed by atoms with Gasteiger partial charge in [0.05, 0.1) is 12.4 Å². The molecule has 0 spiro atoms. The topological polar surface area (TPSA) is 38.3 Å². The average Bonchev–Trinajstić information content (AvgIpc) is 2.59. The first-order valence-electron chi connectivity index (χ1n) is 7.67. The third-order valence-electron chi connectivity index (χ3n) is 3.75. The highest BCUT2D eigenvalue weighted by molar-refractivity contribution is 7.99. The van der Waals surface area contributed by atoms with E-state index in [1.165, 1.54) is 11.1 Å². The number of hydrogen-bond acceptors (Lipinski definition) is 3. The minimum Gasteiger partial charge on any atom is -0.497 e. The molecule has 2 aromatic rings. The molecule has 0 radical (unpaired) electrons. The van der Waals surface area contributed by atoms with Crippen molar-refractivity contribution in [3.05, 3.63) is 65.2 Å². The summed E-state index contributed by atoms with van der Waals surface area (Å²) in [6, 6.07) is 16.0. The molecule has 1 amide bonds. The van der Waals surface area contributed by atoms with Gasteiger partial charge in [0.15, 0.2) is 0 Å². The maximum Gasteiger partial charge on any atom is 0.233 e. The second kappa shape index (κ2) is 8.63. The van der Waals surface area contributed by atoms with Gasteiger partial charge in [0.25, 0.3) is 0 Å². The Labute approximate surface area is 142 Å². The number of amides is 1. The van der Waals surface area contributed by atoms with Crippen LogP contribution in [0.15, 0.2) is 48.5 Å². The minimum atomic E-state index is -0.0761. The molecule has 2 rings (SSSR count). The van der Waals surface area contributed by atoms with Crippen LogP contribution in [0, 0.1) is 6.92 Å². The number of carbonyl (C=O) groups is 1. The molecule has 0 aliphatic heterocycles. The Kier molecular flexibility index (Phi) is 6.53. The molecular formula is C19H23NO2S. The van der Waals surface area contributed by atoms with Gasteiger partial charge in [0.1, 0.15) is 5.75 Å². The van der Waals surface area contributed by atoms with E-state index >= 15 is 0 Å². The Balaban J connectivity index is 1.79. The summed E-state index contributed by atoms with van der Waals surface area (Å²) in [4.78, 5) is 12.2. The number of benzene rings is 2. The summed E-state index contributed by atoms with van der Waals surface area (Å²) < 4.78 is 5.13. The third-order valence-corrected chi connectivity index (χ3v) is 4.94. The number of carbonyl (C=O) groups excluding carboxylic acids is 1. The van der Waals surface area contributed by atoms with Crippen LogP contribution in [-0.4, -0.2) is 18.3 Å². The van der Waals surface area contributed by atoms with Gasteiger partial charge < -0.3 is 10.1 Å². The summed E-state index contributed by atoms with van der Waals surface area (Å²) in [5.74, 6) is 1.74. The molecule has 3 nitrogen and oxygen atoms in total. The zero-order chi connectivity index (χ0) is 16.7. The van der Waals surface area contributed by atoms with Crippen LogP contribution in [0.25, 0.3) is 0 Å². The Morgan fingerprint density at radius 3 is 2.52 bits per heavy atom. The second-order valence-electron chi connectivity index (χ2n) is 5.45. The molecule has 1 atom stereocenters. The van der Waals surface area contributed by atoms with Crippen molar-refractivity contribution < 1.29 is 9.53 Å². The maximum atomic E-state index is 12.2. The fraction of sp³-hybridized carbons (Fsp3) is 0.316. The van der Waals surface area contributed by atoms with E-state index in [2.05, 4.69) is 24.4 Å². The van der Waals surface area contributed by atoms with E-state index in [1.807, 2.05) is 43.3 Å². The molecule has 0 unspecified atom stereocenters. The van der Waals surface area contributed by atoms with E-state index in [0.717, 1.165) is 17.1 Å². The van der Waals surface area contributed by atoms with Crippen LogP contribution in [0.4, 0.5) is 0 Å². The number of hydrogen-bond donors (Lipinski definition) is 1. The lowest BCUT2D eigenvalue weighted by atomic mass is 10.1. The first kappa shape index (κ1) is 17.4. The molecule has 0 heterocycles. The zero-order valence-electron chi connectivity index (χ0n) is 13.8. The molecule has 0 aromatic heterocycles. The second-order valence-corrected chi connectivity index (χ2v) is 6.77. The van der Waals surface area contributed by atoms with Crippen molar-refractivity contribution in [1.29, 1.82) is 0 Å². The molecule has 4 heteroatoms. The van der Waals surface area contributed by atoms with Gasteiger partial charge >= 0.3 is 0 Å². The summed E-state index contributed by atoms with van der Waals surface area (Å²) in [7, 11) is 1.64. The van der Waals surface area contributed by atoms with Crippen molar-refractivity contribution >= 4 is 17.7 Å². The molecule has 0 fully saturated rings. The lowest BCUT2D eigenvalue weighted by molar-refractivity contribution is -0.120. The van der Waals surface area contributed by atoms with Crippen LogP contribution in [0.5, 0.6) is 5.75 Å². The molecule has 2 aromatic carbocycles. The van der Waals surface area contributed by atoms with E-state index in [1.54, 1.807) is 18.9 Å². The predicted molar refractivity (Wildman–Crippen MR) is 96.8 cm³/mol. The quantitative estimate of drug-likeness (QED) is 0.836. The normalized spacial score (nSPS) is 11.8. The van der Waals surface area contributed by atoms with Gasteiger partial charge in [-0.15, -0.1) is 11.8 Å². The average molecular weight is 329 g/mol. The third kappa shape index (κ3) is 5.32. The Morgan fingerprint density at radius 1 is 1.17 bits per heavy atom. The molecule has 0 aliphatic carbocycles. The van der Waals surface area contributed by atoms with Gasteiger partial charge in [0, 0.05) is 12.3 Å². The molecule has 0 saturated heterocycles. The van der Waals surface area contributed by atoms with Crippen molar-refractivity contribution in [1.82, 2.24) is 5.32 Å². The van der Waals surface area contributed by atoms with Gasteiger partial charge in [-0.25, -0.2) is 0 Å². The standard InChI is InChI=1S/C19H23NO2S/c1-14-6-4-5-7-17(14)13-23-15(2)19(21)20-12-16-8-10-18(22-3)11-9-16/h4-11,15H,12-13H2,1-3H3,(H,20,21)/t15-/m1/s1. The van der Waals surface area contributed by atoms with Gasteiger partial charge in [-0.2, -0.15) is 0 Å². The number of rotatable bonds is 7. The monoisotopic (exact) mass is 329 g/mol. The van der Waals surface area contributed by atoms with E-state index in [0.29, 0.717) is 6.54 Å². The lowest BCUT2D eigenvalue weighted by Crippen LogP contribution is -2.30. The van der Waals surface area contributed by atoms with Crippen molar-refractivity contribution in [2.45, 2.75) is 31.4 Å². The van der Waals surface area contributed by atoms with E-state index in [-0.39, 0.29) is 11.2 Å². The van der Waals surface area contributed by atoms with E-state index < -0.39 is 0 Å². The van der Waals surface area contributed by atoms with Gasteiger partial charge in [-0.05, 0) is 42.7 Å². The highest BCUT2D eigenvalue weighted by atomic mass is 32.2. The number of nitrogens with one attached hydrogen (secondary N) is 1. The molecule has 23 heavy (non-hydrogen) atoms.